The zero-order valence-corrected chi connectivity index (χ0v) is 4.05. The minimum atomic E-state index is 0.0926. The summed E-state index contributed by atoms with van der Waals surface area (Å²) >= 11 is 0. The van der Waals surface area contributed by atoms with E-state index < -0.39 is 0 Å². The topological polar surface area (TPSA) is 26.3 Å². The maximum atomic E-state index is 7.10. The van der Waals surface area contributed by atoms with Gasteiger partial charge in [0.1, 0.15) is 7.61 Å². The molecule has 0 fully saturated rings. The van der Waals surface area contributed by atoms with Crippen LogP contribution in [0.2, 0.25) is 0 Å². The molecule has 0 N–H and O–H groups in total. The van der Waals surface area contributed by atoms with Gasteiger partial charge in [-0.15, -0.1) is 0 Å². The molecule has 40 valence electrons. The van der Waals surface area contributed by atoms with Crippen molar-refractivity contribution in [3.8, 4) is 11.5 Å². The first-order valence-corrected chi connectivity index (χ1v) is 2.30. The van der Waals surface area contributed by atoms with Crippen molar-refractivity contribution < 1.29 is 10.2 Å². The third-order valence-corrected chi connectivity index (χ3v) is 0.940. The van der Waals surface area contributed by atoms with Gasteiger partial charge in [-0.3, -0.25) is 0 Å². The fraction of sp³-hybridized carbons (Fsp3) is 0. The van der Waals surface area contributed by atoms with E-state index in [0.717, 1.165) is 5.76 Å². The highest BCUT2D eigenvalue weighted by Crippen LogP contribution is 2.29. The van der Waals surface area contributed by atoms with Crippen LogP contribution in [0.5, 0.6) is 0 Å². The summed E-state index contributed by atoms with van der Waals surface area (Å²) in [6.45, 7) is 0. The van der Waals surface area contributed by atoms with E-state index in [9.17, 15) is 0 Å². The van der Waals surface area contributed by atoms with Gasteiger partial charge in [0.2, 0.25) is 5.76 Å². The highest BCUT2D eigenvalue weighted by molar-refractivity contribution is 5.55. The van der Waals surface area contributed by atoms with Crippen LogP contribution in [-0.2, 0) is 0 Å². The molecule has 0 atom stereocenters. The van der Waals surface area contributed by atoms with Crippen molar-refractivity contribution in [3.63, 3.8) is 0 Å². The van der Waals surface area contributed by atoms with E-state index in [1.807, 2.05) is 0 Å². The monoisotopic (exact) mass is 109 g/mol. The molecule has 0 aromatic rings. The Morgan fingerprint density at radius 2 is 2.50 bits per heavy atom. The van der Waals surface area contributed by atoms with E-state index in [1.54, 1.807) is 12.1 Å². The summed E-state index contributed by atoms with van der Waals surface area (Å²) in [5.41, 5.74) is 0. The Labute approximate surface area is 47.5 Å². The molecule has 2 heterocycles. The zero-order chi connectivity index (χ0) is 6.27. The van der Waals surface area contributed by atoms with Crippen molar-refractivity contribution in [2.45, 2.75) is 0 Å². The van der Waals surface area contributed by atoms with Crippen LogP contribution < -0.4 is 0 Å². The van der Waals surface area contributed by atoms with Crippen molar-refractivity contribution in [1.29, 1.82) is 0 Å². The number of rotatable bonds is 0. The Hall–Kier alpha value is -1.18. The van der Waals surface area contributed by atoms with Gasteiger partial charge in [-0.2, -0.15) is 0 Å². The van der Waals surface area contributed by atoms with Crippen LogP contribution in [0.1, 0.15) is 1.37 Å². The van der Waals surface area contributed by atoms with Gasteiger partial charge in [0.25, 0.3) is 0 Å². The van der Waals surface area contributed by atoms with Gasteiger partial charge in [-0.25, -0.2) is 0 Å². The highest BCUT2D eigenvalue weighted by Gasteiger charge is 2.12. The molecule has 2 nitrogen and oxygen atoms in total. The molecule has 0 spiro atoms. The van der Waals surface area contributed by atoms with Gasteiger partial charge < -0.3 is 8.83 Å². The van der Waals surface area contributed by atoms with Crippen LogP contribution in [0.4, 0.5) is 0 Å². The van der Waals surface area contributed by atoms with Gasteiger partial charge in [0, 0.05) is 0 Å². The third kappa shape index (κ3) is 0.428. The standard InChI is InChI=1S/C6H4O2/c1-2-5-6(8-5)4-7-3-1/h1-4H/i4D. The van der Waals surface area contributed by atoms with E-state index in [4.69, 9.17) is 10.2 Å². The molecule has 0 aromatic carbocycles. The lowest BCUT2D eigenvalue weighted by molar-refractivity contribution is 0.548. The molecule has 0 saturated carbocycles. The lowest BCUT2D eigenvalue weighted by atomic mass is 10.4. The molecule has 2 heteroatoms. The fourth-order valence-electron chi connectivity index (χ4n) is 0.519. The molecule has 0 unspecified atom stereocenters. The highest BCUT2D eigenvalue weighted by atomic mass is 16.4. The first-order chi connectivity index (χ1) is 4.38. The molecule has 0 aromatic heterocycles. The average Bonchev–Trinajstić information content (AvgIpc) is 2.55. The van der Waals surface area contributed by atoms with Gasteiger partial charge in [0.05, 0.1) is 6.26 Å². The molecule has 2 rings (SSSR count). The van der Waals surface area contributed by atoms with Gasteiger partial charge >= 0.3 is 0 Å². The van der Waals surface area contributed by atoms with Crippen LogP contribution >= 0.6 is 0 Å². The third-order valence-electron chi connectivity index (χ3n) is 0.940. The Morgan fingerprint density at radius 1 is 1.50 bits per heavy atom. The SMILES string of the molecule is [2H]c1occcc2oc1-2. The molecule has 0 aliphatic carbocycles. The fourth-order valence-corrected chi connectivity index (χ4v) is 0.519. The van der Waals surface area contributed by atoms with Crippen molar-refractivity contribution in [1.82, 2.24) is 0 Å². The summed E-state index contributed by atoms with van der Waals surface area (Å²) in [6.07, 6.45) is 1.55. The summed E-state index contributed by atoms with van der Waals surface area (Å²) in [4.78, 5) is 0. The van der Waals surface area contributed by atoms with E-state index in [2.05, 4.69) is 0 Å². The van der Waals surface area contributed by atoms with E-state index in [0.29, 0.717) is 5.76 Å². The number of fused-ring (bicyclic) bond motifs is 1. The minimum Gasteiger partial charge on any atom is -0.469 e. The Morgan fingerprint density at radius 3 is 3.50 bits per heavy atom. The Bertz CT molecular complexity index is 283. The Kier molecular flexibility index (Phi) is 0.429. The second-order valence-corrected chi connectivity index (χ2v) is 1.51. The summed E-state index contributed by atoms with van der Waals surface area (Å²) in [6, 6.07) is 3.46. The predicted octanol–water partition coefficient (Wildman–Crippen LogP) is 1.98. The molecule has 0 bridgehead atoms. The second kappa shape index (κ2) is 1.15. The summed E-state index contributed by atoms with van der Waals surface area (Å²) in [5, 5.41) is 0. The smallest absolute Gasteiger partial charge is 0.205 e. The van der Waals surface area contributed by atoms with Crippen LogP contribution in [-0.4, -0.2) is 0 Å². The van der Waals surface area contributed by atoms with Crippen LogP contribution in [0, 0.1) is 0 Å². The first-order valence-electron chi connectivity index (χ1n) is 2.80. The molecule has 0 amide bonds. The Balaban J connectivity index is 2.68. The van der Waals surface area contributed by atoms with E-state index in [-0.39, 0.29) is 6.24 Å². The van der Waals surface area contributed by atoms with Crippen LogP contribution in [0.3, 0.4) is 0 Å². The van der Waals surface area contributed by atoms with Gasteiger partial charge in [-0.1, -0.05) is 0 Å². The first kappa shape index (κ1) is 2.97. The summed E-state index contributed by atoms with van der Waals surface area (Å²) in [5.74, 6) is 1.30. The van der Waals surface area contributed by atoms with Crippen LogP contribution in [0.15, 0.2) is 33.5 Å². The molecule has 2 aliphatic heterocycles. The largest absolute Gasteiger partial charge is 0.469 e. The quantitative estimate of drug-likeness (QED) is 0.517. The van der Waals surface area contributed by atoms with E-state index in [1.165, 1.54) is 6.26 Å². The predicted molar refractivity (Wildman–Crippen MR) is 27.6 cm³/mol. The zero-order valence-electron chi connectivity index (χ0n) is 5.05. The maximum absolute atomic E-state index is 7.10. The van der Waals surface area contributed by atoms with Crippen molar-refractivity contribution in [2.75, 3.05) is 0 Å². The lowest BCUT2D eigenvalue weighted by Crippen LogP contribution is -1.35. The summed E-state index contributed by atoms with van der Waals surface area (Å²) in [7, 11) is 0. The average molecular weight is 109 g/mol. The van der Waals surface area contributed by atoms with E-state index >= 15 is 0 Å². The van der Waals surface area contributed by atoms with Crippen molar-refractivity contribution in [2.24, 2.45) is 0 Å². The molecular formula is C6H4O2. The summed E-state index contributed by atoms with van der Waals surface area (Å²) < 4.78 is 16.7. The molecule has 0 radical (unpaired) electrons. The van der Waals surface area contributed by atoms with Crippen molar-refractivity contribution >= 4 is 0 Å². The normalized spacial score (nSPS) is 12.2. The molecule has 2 aliphatic rings. The number of hydrogen-bond donors (Lipinski definition) is 0. The number of hydrogen-bond acceptors (Lipinski definition) is 2. The lowest BCUT2D eigenvalue weighted by Gasteiger charge is -1.61. The molecular weight excluding hydrogens is 104 g/mol. The second-order valence-electron chi connectivity index (χ2n) is 1.51. The minimum absolute atomic E-state index is 0.0926. The van der Waals surface area contributed by atoms with Gasteiger partial charge in [-0.05, 0) is 12.1 Å². The van der Waals surface area contributed by atoms with Crippen LogP contribution in [0.25, 0.3) is 11.5 Å². The molecule has 0 saturated heterocycles. The molecule has 8 heavy (non-hydrogen) atoms. The van der Waals surface area contributed by atoms with Crippen molar-refractivity contribution in [3.05, 3.63) is 24.6 Å². The van der Waals surface area contributed by atoms with Gasteiger partial charge in [0.15, 0.2) is 5.76 Å². The maximum Gasteiger partial charge on any atom is 0.205 e.